The minimum Gasteiger partial charge on any atom is -0.494 e. The van der Waals surface area contributed by atoms with E-state index in [0.717, 1.165) is 60.5 Å². The molecule has 0 bridgehead atoms. The number of benzene rings is 1. The lowest BCUT2D eigenvalue weighted by atomic mass is 9.93. The molecule has 1 aliphatic carbocycles. The van der Waals surface area contributed by atoms with E-state index in [-0.39, 0.29) is 11.6 Å². The number of urea groups is 1. The van der Waals surface area contributed by atoms with Gasteiger partial charge in [-0.05, 0) is 75.6 Å². The van der Waals surface area contributed by atoms with Gasteiger partial charge in [0.2, 0.25) is 0 Å². The lowest BCUT2D eigenvalue weighted by Gasteiger charge is -2.35. The second-order valence-corrected chi connectivity index (χ2v) is 8.37. The molecule has 2 aromatic rings. The summed E-state index contributed by atoms with van der Waals surface area (Å²) < 4.78 is 7.59. The van der Waals surface area contributed by atoms with Crippen molar-refractivity contribution in [2.75, 3.05) is 6.61 Å². The SMILES string of the molecule is CCOc1ccc(-n2c(C)cc(C=C3C(=O)NC(=O)N(C4CCCCC4)C3=O)c2C)cc1. The van der Waals surface area contributed by atoms with Gasteiger partial charge in [0.1, 0.15) is 11.3 Å². The van der Waals surface area contributed by atoms with E-state index in [4.69, 9.17) is 4.74 Å². The van der Waals surface area contributed by atoms with Crippen molar-refractivity contribution >= 4 is 23.9 Å². The molecule has 1 saturated heterocycles. The molecule has 0 atom stereocenters. The van der Waals surface area contributed by atoms with Crippen LogP contribution in [0.4, 0.5) is 4.79 Å². The quantitative estimate of drug-likeness (QED) is 0.561. The monoisotopic (exact) mass is 435 g/mol. The van der Waals surface area contributed by atoms with Crippen LogP contribution in [-0.4, -0.2) is 40.0 Å². The number of barbiturate groups is 1. The third kappa shape index (κ3) is 4.07. The summed E-state index contributed by atoms with van der Waals surface area (Å²) in [6.07, 6.45) is 6.25. The number of carbonyl (C=O) groups is 3. The molecular weight excluding hydrogens is 406 g/mol. The first-order valence-corrected chi connectivity index (χ1v) is 11.2. The minimum absolute atomic E-state index is 0.00196. The molecule has 0 radical (unpaired) electrons. The van der Waals surface area contributed by atoms with Crippen LogP contribution in [0.15, 0.2) is 35.9 Å². The summed E-state index contributed by atoms with van der Waals surface area (Å²) in [6.45, 7) is 6.48. The van der Waals surface area contributed by atoms with E-state index in [1.165, 1.54) is 4.90 Å². The summed E-state index contributed by atoms with van der Waals surface area (Å²) in [5.41, 5.74) is 3.62. The molecule has 4 amide bonds. The highest BCUT2D eigenvalue weighted by Crippen LogP contribution is 2.28. The van der Waals surface area contributed by atoms with E-state index in [1.54, 1.807) is 6.08 Å². The molecule has 2 heterocycles. The molecule has 7 nitrogen and oxygen atoms in total. The lowest BCUT2D eigenvalue weighted by molar-refractivity contribution is -0.132. The number of aromatic nitrogens is 1. The van der Waals surface area contributed by atoms with E-state index < -0.39 is 17.8 Å². The van der Waals surface area contributed by atoms with Crippen LogP contribution in [0.1, 0.15) is 56.0 Å². The van der Waals surface area contributed by atoms with Crippen LogP contribution >= 0.6 is 0 Å². The second-order valence-electron chi connectivity index (χ2n) is 8.37. The van der Waals surface area contributed by atoms with E-state index in [9.17, 15) is 14.4 Å². The standard InChI is InChI=1S/C25H29N3O4/c1-4-32-21-12-10-20(11-13-21)27-16(2)14-18(17(27)3)15-22-23(29)26-25(31)28(24(22)30)19-8-6-5-7-9-19/h10-15,19H,4-9H2,1-3H3,(H,26,29,31). The fraction of sp³-hybridized carbons (Fsp3) is 0.400. The number of aryl methyl sites for hydroxylation is 1. The van der Waals surface area contributed by atoms with E-state index in [0.29, 0.717) is 6.61 Å². The number of carbonyl (C=O) groups excluding carboxylic acids is 3. The summed E-state index contributed by atoms with van der Waals surface area (Å²) >= 11 is 0. The molecule has 1 N–H and O–H groups in total. The van der Waals surface area contributed by atoms with Gasteiger partial charge in [-0.15, -0.1) is 0 Å². The summed E-state index contributed by atoms with van der Waals surface area (Å²) in [4.78, 5) is 39.4. The second kappa shape index (κ2) is 9.02. The highest BCUT2D eigenvalue weighted by Gasteiger charge is 2.40. The van der Waals surface area contributed by atoms with Gasteiger partial charge in [-0.3, -0.25) is 19.8 Å². The average Bonchev–Trinajstić information content (AvgIpc) is 3.05. The van der Waals surface area contributed by atoms with Crippen LogP contribution in [0.25, 0.3) is 11.8 Å². The highest BCUT2D eigenvalue weighted by atomic mass is 16.5. The van der Waals surface area contributed by atoms with Gasteiger partial charge in [-0.25, -0.2) is 4.79 Å². The van der Waals surface area contributed by atoms with Crippen molar-refractivity contribution in [2.24, 2.45) is 0 Å². The Kier molecular flexibility index (Phi) is 6.17. The number of hydrogen-bond acceptors (Lipinski definition) is 4. The number of rotatable bonds is 5. The van der Waals surface area contributed by atoms with Gasteiger partial charge in [0.15, 0.2) is 0 Å². The zero-order valence-corrected chi connectivity index (χ0v) is 18.8. The van der Waals surface area contributed by atoms with Gasteiger partial charge in [0, 0.05) is 23.1 Å². The number of nitrogens with one attached hydrogen (secondary N) is 1. The van der Waals surface area contributed by atoms with Gasteiger partial charge in [0.05, 0.1) is 6.61 Å². The predicted octanol–water partition coefficient (Wildman–Crippen LogP) is 4.29. The summed E-state index contributed by atoms with van der Waals surface area (Å²) in [5, 5.41) is 2.36. The smallest absolute Gasteiger partial charge is 0.331 e. The van der Waals surface area contributed by atoms with Crippen molar-refractivity contribution in [3.05, 3.63) is 52.9 Å². The highest BCUT2D eigenvalue weighted by molar-refractivity contribution is 6.31. The van der Waals surface area contributed by atoms with Crippen molar-refractivity contribution in [1.29, 1.82) is 0 Å². The molecule has 0 unspecified atom stereocenters. The van der Waals surface area contributed by atoms with Crippen molar-refractivity contribution in [1.82, 2.24) is 14.8 Å². The first-order valence-electron chi connectivity index (χ1n) is 11.2. The van der Waals surface area contributed by atoms with Crippen LogP contribution in [0.2, 0.25) is 0 Å². The fourth-order valence-corrected chi connectivity index (χ4v) is 4.69. The Morgan fingerprint density at radius 3 is 2.41 bits per heavy atom. The van der Waals surface area contributed by atoms with Crippen LogP contribution in [0, 0.1) is 13.8 Å². The van der Waals surface area contributed by atoms with E-state index >= 15 is 0 Å². The summed E-state index contributed by atoms with van der Waals surface area (Å²) in [7, 11) is 0. The van der Waals surface area contributed by atoms with Gasteiger partial charge in [-0.1, -0.05) is 19.3 Å². The Morgan fingerprint density at radius 2 is 1.75 bits per heavy atom. The van der Waals surface area contributed by atoms with E-state index in [1.807, 2.05) is 51.1 Å². The third-order valence-electron chi connectivity index (χ3n) is 6.25. The maximum absolute atomic E-state index is 13.2. The van der Waals surface area contributed by atoms with Crippen LogP contribution < -0.4 is 10.1 Å². The number of ether oxygens (including phenoxy) is 1. The third-order valence-corrected chi connectivity index (χ3v) is 6.25. The Hall–Kier alpha value is -3.35. The molecule has 32 heavy (non-hydrogen) atoms. The first-order chi connectivity index (χ1) is 15.4. The topological polar surface area (TPSA) is 80.6 Å². The van der Waals surface area contributed by atoms with Crippen LogP contribution in [0.5, 0.6) is 5.75 Å². The molecule has 168 valence electrons. The van der Waals surface area contributed by atoms with Crippen molar-refractivity contribution in [3.8, 4) is 11.4 Å². The zero-order valence-electron chi connectivity index (χ0n) is 18.8. The van der Waals surface area contributed by atoms with Gasteiger partial charge < -0.3 is 9.30 Å². The fourth-order valence-electron chi connectivity index (χ4n) is 4.69. The largest absolute Gasteiger partial charge is 0.494 e. The summed E-state index contributed by atoms with van der Waals surface area (Å²) in [6, 6.07) is 8.98. The lowest BCUT2D eigenvalue weighted by Crippen LogP contribution is -2.58. The molecule has 0 spiro atoms. The van der Waals surface area contributed by atoms with Crippen molar-refractivity contribution in [3.63, 3.8) is 0 Å². The first kappa shape index (κ1) is 21.9. The number of amides is 4. The molecule has 2 aliphatic rings. The molecule has 2 fully saturated rings. The Balaban J connectivity index is 1.66. The van der Waals surface area contributed by atoms with E-state index in [2.05, 4.69) is 9.88 Å². The minimum atomic E-state index is -0.641. The van der Waals surface area contributed by atoms with Gasteiger partial charge in [-0.2, -0.15) is 0 Å². The summed E-state index contributed by atoms with van der Waals surface area (Å²) in [5.74, 6) is -0.340. The number of nitrogens with zero attached hydrogens (tertiary/aromatic N) is 2. The Morgan fingerprint density at radius 1 is 1.06 bits per heavy atom. The number of imide groups is 2. The average molecular weight is 436 g/mol. The predicted molar refractivity (Wildman–Crippen MR) is 122 cm³/mol. The van der Waals surface area contributed by atoms with Crippen LogP contribution in [-0.2, 0) is 9.59 Å². The molecule has 4 rings (SSSR count). The Bertz CT molecular complexity index is 1080. The molecule has 1 aliphatic heterocycles. The maximum atomic E-state index is 13.2. The maximum Gasteiger partial charge on any atom is 0.331 e. The Labute approximate surface area is 188 Å². The molecule has 1 aromatic heterocycles. The van der Waals surface area contributed by atoms with Crippen molar-refractivity contribution in [2.45, 2.75) is 58.9 Å². The molecule has 1 saturated carbocycles. The molecule has 7 heteroatoms. The van der Waals surface area contributed by atoms with Gasteiger partial charge in [0.25, 0.3) is 11.8 Å². The van der Waals surface area contributed by atoms with Crippen LogP contribution in [0.3, 0.4) is 0 Å². The number of hydrogen-bond donors (Lipinski definition) is 1. The van der Waals surface area contributed by atoms with Gasteiger partial charge >= 0.3 is 6.03 Å². The molecule has 1 aromatic carbocycles. The molecular formula is C25H29N3O4. The normalized spacial score (nSPS) is 18.9. The zero-order chi connectivity index (χ0) is 22.8. The van der Waals surface area contributed by atoms with Crippen molar-refractivity contribution < 1.29 is 19.1 Å².